The fourth-order valence-electron chi connectivity index (χ4n) is 3.66. The van der Waals surface area contributed by atoms with Gasteiger partial charge in [-0.15, -0.1) is 0 Å². The average Bonchev–Trinajstić information content (AvgIpc) is 2.54. The van der Waals surface area contributed by atoms with Crippen LogP contribution in [-0.4, -0.2) is 56.2 Å². The maximum atomic E-state index is 12.7. The number of nitrogens with zero attached hydrogens (tertiary/aromatic N) is 1. The summed E-state index contributed by atoms with van der Waals surface area (Å²) in [5, 5.41) is 0. The van der Waals surface area contributed by atoms with E-state index in [1.54, 1.807) is 0 Å². The molecule has 0 heterocycles. The van der Waals surface area contributed by atoms with Crippen molar-refractivity contribution in [2.45, 2.75) is 79.1 Å². The van der Waals surface area contributed by atoms with Gasteiger partial charge in [0, 0.05) is 0 Å². The third kappa shape index (κ3) is 8.30. The fourth-order valence-corrected chi connectivity index (χ4v) is 10.5. The zero-order valence-electron chi connectivity index (χ0n) is 17.4. The molecule has 146 valence electrons. The molecule has 3 nitrogen and oxygen atoms in total. The minimum absolute atomic E-state index is 0.0112. The number of hydrogen-bond acceptors (Lipinski definition) is 3. The van der Waals surface area contributed by atoms with Crippen LogP contribution >= 0.6 is 6.83 Å². The molecule has 0 aromatic carbocycles. The minimum atomic E-state index is -2.43. The first kappa shape index (κ1) is 23.9. The molecule has 0 spiro atoms. The van der Waals surface area contributed by atoms with Crippen LogP contribution in [0.15, 0.2) is 0 Å². The summed E-state index contributed by atoms with van der Waals surface area (Å²) in [5.74, 6) is 0.0112. The molecule has 24 heavy (non-hydrogen) atoms. The third-order valence-corrected chi connectivity index (χ3v) is 11.6. The van der Waals surface area contributed by atoms with Gasteiger partial charge in [-0.1, -0.05) is 0 Å². The number of carbonyl (C=O) groups is 1. The SMILES string of the molecule is CCCCP(CCCC)(CCCC)(CCCC)OC(=O)CN(C)C. The van der Waals surface area contributed by atoms with Crippen molar-refractivity contribution in [3.63, 3.8) is 0 Å². The third-order valence-electron chi connectivity index (χ3n) is 5.11. The van der Waals surface area contributed by atoms with Crippen molar-refractivity contribution in [1.29, 1.82) is 0 Å². The number of likely N-dealkylation sites (N-methyl/N-ethyl adjacent to an activating group) is 1. The van der Waals surface area contributed by atoms with Gasteiger partial charge < -0.3 is 0 Å². The summed E-state index contributed by atoms with van der Waals surface area (Å²) < 4.78 is 6.59. The summed E-state index contributed by atoms with van der Waals surface area (Å²) >= 11 is 0. The topological polar surface area (TPSA) is 29.5 Å². The van der Waals surface area contributed by atoms with Gasteiger partial charge in [0.15, 0.2) is 0 Å². The Morgan fingerprint density at radius 3 is 1.33 bits per heavy atom. The Bertz CT molecular complexity index is 301. The van der Waals surface area contributed by atoms with Crippen molar-refractivity contribution in [1.82, 2.24) is 4.90 Å². The summed E-state index contributed by atoms with van der Waals surface area (Å²) in [7, 11) is 3.90. The average molecular weight is 362 g/mol. The zero-order chi connectivity index (χ0) is 18.5. The van der Waals surface area contributed by atoms with E-state index in [0.717, 1.165) is 24.6 Å². The molecule has 0 aliphatic rings. The van der Waals surface area contributed by atoms with E-state index in [9.17, 15) is 4.79 Å². The normalized spacial score (nSPS) is 13.7. The number of rotatable bonds is 15. The summed E-state index contributed by atoms with van der Waals surface area (Å²) in [5.41, 5.74) is 0. The Hall–Kier alpha value is -0.140. The van der Waals surface area contributed by atoms with Gasteiger partial charge >= 0.3 is 151 Å². The van der Waals surface area contributed by atoms with Crippen molar-refractivity contribution in [2.24, 2.45) is 0 Å². The van der Waals surface area contributed by atoms with E-state index in [1.165, 1.54) is 51.4 Å². The molecule has 0 saturated heterocycles. The summed E-state index contributed by atoms with van der Waals surface area (Å²) in [6, 6.07) is 0. The predicted molar refractivity (Wildman–Crippen MR) is 111 cm³/mol. The number of hydrogen-bond donors (Lipinski definition) is 0. The molecule has 4 heteroatoms. The fraction of sp³-hybridized carbons (Fsp3) is 0.950. The number of carbonyl (C=O) groups excluding carboxylic acids is 1. The Kier molecular flexibility index (Phi) is 12.2. The first-order valence-electron chi connectivity index (χ1n) is 10.2. The van der Waals surface area contributed by atoms with Crippen LogP contribution in [0.5, 0.6) is 0 Å². The second-order valence-electron chi connectivity index (χ2n) is 7.87. The van der Waals surface area contributed by atoms with Crippen LogP contribution < -0.4 is 0 Å². The van der Waals surface area contributed by atoms with Crippen LogP contribution in [0.25, 0.3) is 0 Å². The van der Waals surface area contributed by atoms with Gasteiger partial charge in [-0.05, 0) is 0 Å². The van der Waals surface area contributed by atoms with Crippen LogP contribution in [0, 0.1) is 0 Å². The van der Waals surface area contributed by atoms with Crippen molar-refractivity contribution < 1.29 is 9.32 Å². The molecule has 0 rings (SSSR count). The van der Waals surface area contributed by atoms with Crippen molar-refractivity contribution in [3.05, 3.63) is 0 Å². The molecule has 0 atom stereocenters. The van der Waals surface area contributed by atoms with E-state index in [0.29, 0.717) is 6.54 Å². The molecule has 0 aliphatic heterocycles. The van der Waals surface area contributed by atoms with Gasteiger partial charge in [-0.2, -0.15) is 0 Å². The molecule has 0 bridgehead atoms. The van der Waals surface area contributed by atoms with Gasteiger partial charge in [0.05, 0.1) is 0 Å². The van der Waals surface area contributed by atoms with Crippen molar-refractivity contribution >= 4 is 12.8 Å². The van der Waals surface area contributed by atoms with E-state index in [-0.39, 0.29) is 5.97 Å². The monoisotopic (exact) mass is 361 g/mol. The van der Waals surface area contributed by atoms with E-state index < -0.39 is 6.83 Å². The predicted octanol–water partition coefficient (Wildman–Crippen LogP) is 5.76. The molecule has 0 aromatic heterocycles. The van der Waals surface area contributed by atoms with Crippen LogP contribution in [0.4, 0.5) is 0 Å². The first-order chi connectivity index (χ1) is 11.4. The van der Waals surface area contributed by atoms with Crippen LogP contribution in [0.1, 0.15) is 79.1 Å². The van der Waals surface area contributed by atoms with Gasteiger partial charge in [0.25, 0.3) is 0 Å². The second kappa shape index (κ2) is 12.3. The summed E-state index contributed by atoms with van der Waals surface area (Å²) in [6.45, 7) is 7.01. The molecular formula is C20H44NO2P. The Labute approximate surface area is 151 Å². The molecule has 0 saturated carbocycles. The summed E-state index contributed by atoms with van der Waals surface area (Å²) in [4.78, 5) is 14.6. The molecule has 0 N–H and O–H groups in total. The Morgan fingerprint density at radius 1 is 0.750 bits per heavy atom. The maximum absolute atomic E-state index is 12.7. The van der Waals surface area contributed by atoms with Crippen LogP contribution in [0.3, 0.4) is 0 Å². The number of unbranched alkanes of at least 4 members (excludes halogenated alkanes) is 4. The van der Waals surface area contributed by atoms with Gasteiger partial charge in [-0.25, -0.2) is 0 Å². The van der Waals surface area contributed by atoms with E-state index in [1.807, 2.05) is 19.0 Å². The quantitative estimate of drug-likeness (QED) is 0.347. The molecule has 0 radical (unpaired) electrons. The van der Waals surface area contributed by atoms with Crippen LogP contribution in [0.2, 0.25) is 0 Å². The Balaban J connectivity index is 5.67. The molecule has 0 aromatic rings. The van der Waals surface area contributed by atoms with Gasteiger partial charge in [0.2, 0.25) is 0 Å². The second-order valence-corrected chi connectivity index (χ2v) is 13.6. The van der Waals surface area contributed by atoms with E-state index in [2.05, 4.69) is 27.7 Å². The van der Waals surface area contributed by atoms with Crippen molar-refractivity contribution in [3.8, 4) is 0 Å². The molecular weight excluding hydrogens is 317 g/mol. The van der Waals surface area contributed by atoms with E-state index >= 15 is 0 Å². The van der Waals surface area contributed by atoms with E-state index in [4.69, 9.17) is 4.52 Å². The standard InChI is InChI=1S/C20H44NO2P/c1-7-11-15-24(16-12-8-2,17-13-9-3,18-14-10-4)23-20(22)19-21(5)6/h7-19H2,1-6H3. The molecule has 0 amide bonds. The molecule has 0 unspecified atom stereocenters. The Morgan fingerprint density at radius 2 is 1.08 bits per heavy atom. The first-order valence-corrected chi connectivity index (χ1v) is 13.1. The molecule has 0 fully saturated rings. The zero-order valence-corrected chi connectivity index (χ0v) is 18.3. The molecule has 0 aliphatic carbocycles. The van der Waals surface area contributed by atoms with Gasteiger partial charge in [0.1, 0.15) is 0 Å². The summed E-state index contributed by atoms with van der Waals surface area (Å²) in [6.07, 6.45) is 14.2. The van der Waals surface area contributed by atoms with Crippen LogP contribution in [-0.2, 0) is 9.32 Å². The van der Waals surface area contributed by atoms with Gasteiger partial charge in [-0.3, -0.25) is 0 Å². The van der Waals surface area contributed by atoms with Crippen molar-refractivity contribution in [2.75, 3.05) is 45.3 Å².